The van der Waals surface area contributed by atoms with Crippen molar-refractivity contribution in [2.75, 3.05) is 5.32 Å². The van der Waals surface area contributed by atoms with E-state index in [1.807, 2.05) is 25.1 Å². The molecule has 0 fully saturated rings. The smallest absolute Gasteiger partial charge is 0.326 e. The molecule has 0 saturated heterocycles. The van der Waals surface area contributed by atoms with Gasteiger partial charge in [-0.3, -0.25) is 0 Å². The zero-order valence-electron chi connectivity index (χ0n) is 7.37. The largest absolute Gasteiger partial charge is 0.480 e. The van der Waals surface area contributed by atoms with E-state index in [1.54, 1.807) is 0 Å². The van der Waals surface area contributed by atoms with Gasteiger partial charge in [-0.05, 0) is 24.1 Å². The third-order valence-corrected chi connectivity index (χ3v) is 2.45. The second-order valence-corrected chi connectivity index (χ2v) is 3.34. The van der Waals surface area contributed by atoms with Gasteiger partial charge in [-0.1, -0.05) is 12.1 Å². The predicted octanol–water partition coefficient (Wildman–Crippen LogP) is 1.42. The van der Waals surface area contributed by atoms with Gasteiger partial charge in [0.25, 0.3) is 0 Å². The first-order valence-electron chi connectivity index (χ1n) is 4.26. The highest BCUT2D eigenvalue weighted by Crippen LogP contribution is 2.28. The maximum absolute atomic E-state index is 10.7. The van der Waals surface area contributed by atoms with Crippen molar-refractivity contribution in [2.45, 2.75) is 19.4 Å². The Morgan fingerprint density at radius 2 is 2.38 bits per heavy atom. The van der Waals surface area contributed by atoms with Crippen LogP contribution in [-0.4, -0.2) is 17.1 Å². The molecule has 1 atom stereocenters. The van der Waals surface area contributed by atoms with Crippen molar-refractivity contribution in [3.05, 3.63) is 29.3 Å². The molecule has 0 spiro atoms. The fourth-order valence-corrected chi connectivity index (χ4v) is 1.70. The summed E-state index contributed by atoms with van der Waals surface area (Å²) in [5, 5.41) is 11.8. The molecule has 0 aliphatic carbocycles. The Morgan fingerprint density at radius 3 is 3.00 bits per heavy atom. The van der Waals surface area contributed by atoms with Crippen LogP contribution < -0.4 is 5.32 Å². The third-order valence-electron chi connectivity index (χ3n) is 2.45. The van der Waals surface area contributed by atoms with Crippen LogP contribution in [0.5, 0.6) is 0 Å². The molecule has 0 unspecified atom stereocenters. The molecule has 1 aromatic rings. The van der Waals surface area contributed by atoms with E-state index in [0.29, 0.717) is 6.42 Å². The minimum absolute atomic E-state index is 0.448. The van der Waals surface area contributed by atoms with E-state index in [2.05, 4.69) is 5.32 Å². The monoisotopic (exact) mass is 177 g/mol. The molecule has 68 valence electrons. The van der Waals surface area contributed by atoms with E-state index in [0.717, 1.165) is 16.8 Å². The zero-order valence-corrected chi connectivity index (χ0v) is 7.37. The van der Waals surface area contributed by atoms with Crippen LogP contribution in [0.15, 0.2) is 18.2 Å². The molecule has 3 nitrogen and oxygen atoms in total. The van der Waals surface area contributed by atoms with Gasteiger partial charge in [-0.25, -0.2) is 4.79 Å². The summed E-state index contributed by atoms with van der Waals surface area (Å²) in [6.07, 6.45) is 0.595. The number of aryl methyl sites for hydroxylation is 1. The Kier molecular flexibility index (Phi) is 1.72. The number of aliphatic carboxylic acids is 1. The molecule has 0 bridgehead atoms. The summed E-state index contributed by atoms with van der Waals surface area (Å²) in [4.78, 5) is 10.7. The topological polar surface area (TPSA) is 49.3 Å². The highest BCUT2D eigenvalue weighted by Gasteiger charge is 2.26. The number of carbonyl (C=O) groups is 1. The van der Waals surface area contributed by atoms with Crippen molar-refractivity contribution >= 4 is 11.7 Å². The van der Waals surface area contributed by atoms with Crippen molar-refractivity contribution in [3.63, 3.8) is 0 Å². The molecule has 0 aromatic heterocycles. The molecule has 0 radical (unpaired) electrons. The zero-order chi connectivity index (χ0) is 9.42. The first-order chi connectivity index (χ1) is 6.18. The average Bonchev–Trinajstić information content (AvgIpc) is 2.49. The first-order valence-corrected chi connectivity index (χ1v) is 4.26. The van der Waals surface area contributed by atoms with Crippen LogP contribution in [-0.2, 0) is 11.2 Å². The fourth-order valence-electron chi connectivity index (χ4n) is 1.70. The molecule has 1 aliphatic heterocycles. The van der Waals surface area contributed by atoms with Gasteiger partial charge in [0, 0.05) is 12.1 Å². The maximum Gasteiger partial charge on any atom is 0.326 e. The average molecular weight is 177 g/mol. The van der Waals surface area contributed by atoms with E-state index >= 15 is 0 Å². The Morgan fingerprint density at radius 1 is 1.62 bits per heavy atom. The van der Waals surface area contributed by atoms with Crippen LogP contribution in [0, 0.1) is 6.92 Å². The Hall–Kier alpha value is -1.51. The molecular formula is C10H11NO2. The van der Waals surface area contributed by atoms with E-state index in [9.17, 15) is 4.79 Å². The molecule has 0 saturated carbocycles. The lowest BCUT2D eigenvalue weighted by Gasteiger charge is -2.03. The van der Waals surface area contributed by atoms with Crippen molar-refractivity contribution in [3.8, 4) is 0 Å². The summed E-state index contributed by atoms with van der Waals surface area (Å²) in [5.74, 6) is -0.782. The SMILES string of the molecule is Cc1cccc2c1C[C@@H](C(=O)O)N2. The molecule has 2 N–H and O–H groups in total. The molecule has 1 aliphatic rings. The van der Waals surface area contributed by atoms with Gasteiger partial charge < -0.3 is 10.4 Å². The summed E-state index contributed by atoms with van der Waals surface area (Å²) in [6, 6.07) is 5.41. The van der Waals surface area contributed by atoms with E-state index < -0.39 is 12.0 Å². The minimum Gasteiger partial charge on any atom is -0.480 e. The maximum atomic E-state index is 10.7. The number of rotatable bonds is 1. The van der Waals surface area contributed by atoms with Crippen LogP contribution in [0.4, 0.5) is 5.69 Å². The first kappa shape index (κ1) is 8.10. The van der Waals surface area contributed by atoms with Crippen LogP contribution in [0.25, 0.3) is 0 Å². The number of hydrogen-bond donors (Lipinski definition) is 2. The van der Waals surface area contributed by atoms with Crippen molar-refractivity contribution in [2.24, 2.45) is 0 Å². The summed E-state index contributed by atoms with van der Waals surface area (Å²) in [7, 11) is 0. The van der Waals surface area contributed by atoms with Crippen molar-refractivity contribution in [1.29, 1.82) is 0 Å². The molecule has 13 heavy (non-hydrogen) atoms. The van der Waals surface area contributed by atoms with E-state index in [4.69, 9.17) is 5.11 Å². The van der Waals surface area contributed by atoms with Gasteiger partial charge in [0.2, 0.25) is 0 Å². The second kappa shape index (κ2) is 2.76. The van der Waals surface area contributed by atoms with E-state index in [1.165, 1.54) is 0 Å². The number of nitrogens with one attached hydrogen (secondary N) is 1. The number of carboxylic acids is 1. The Bertz CT molecular complexity index is 360. The Labute approximate surface area is 76.4 Å². The van der Waals surface area contributed by atoms with Crippen LogP contribution in [0.3, 0.4) is 0 Å². The lowest BCUT2D eigenvalue weighted by Crippen LogP contribution is -2.26. The summed E-state index contributed by atoms with van der Waals surface area (Å²) < 4.78 is 0. The fraction of sp³-hybridized carbons (Fsp3) is 0.300. The van der Waals surface area contributed by atoms with Crippen LogP contribution in [0.2, 0.25) is 0 Å². The van der Waals surface area contributed by atoms with Gasteiger partial charge in [-0.2, -0.15) is 0 Å². The molecule has 1 heterocycles. The normalized spacial score (nSPS) is 19.3. The van der Waals surface area contributed by atoms with Crippen molar-refractivity contribution in [1.82, 2.24) is 0 Å². The van der Waals surface area contributed by atoms with Gasteiger partial charge in [0.15, 0.2) is 0 Å². The molecule has 3 heteroatoms. The number of anilines is 1. The Balaban J connectivity index is 2.35. The quantitative estimate of drug-likeness (QED) is 0.682. The third kappa shape index (κ3) is 1.26. The minimum atomic E-state index is -0.782. The lowest BCUT2D eigenvalue weighted by atomic mass is 10.0. The van der Waals surface area contributed by atoms with Gasteiger partial charge in [0.05, 0.1) is 0 Å². The summed E-state index contributed by atoms with van der Waals surface area (Å²) in [6.45, 7) is 2.00. The summed E-state index contributed by atoms with van der Waals surface area (Å²) in [5.41, 5.74) is 3.26. The van der Waals surface area contributed by atoms with E-state index in [-0.39, 0.29) is 0 Å². The van der Waals surface area contributed by atoms with Crippen molar-refractivity contribution < 1.29 is 9.90 Å². The molecule has 2 rings (SSSR count). The van der Waals surface area contributed by atoms with Crippen LogP contribution >= 0.6 is 0 Å². The standard InChI is InChI=1S/C10H11NO2/c1-6-3-2-4-8-7(6)5-9(11-8)10(12)13/h2-4,9,11H,5H2,1H3,(H,12,13)/t9-/m0/s1. The predicted molar refractivity (Wildman–Crippen MR) is 49.9 cm³/mol. The molecule has 0 amide bonds. The molecular weight excluding hydrogens is 166 g/mol. The number of benzene rings is 1. The van der Waals surface area contributed by atoms with Crippen LogP contribution in [0.1, 0.15) is 11.1 Å². The lowest BCUT2D eigenvalue weighted by molar-refractivity contribution is -0.137. The van der Waals surface area contributed by atoms with Gasteiger partial charge >= 0.3 is 5.97 Å². The van der Waals surface area contributed by atoms with Gasteiger partial charge in [-0.15, -0.1) is 0 Å². The number of fused-ring (bicyclic) bond motifs is 1. The highest BCUT2D eigenvalue weighted by atomic mass is 16.4. The highest BCUT2D eigenvalue weighted by molar-refractivity contribution is 5.81. The number of hydrogen-bond acceptors (Lipinski definition) is 2. The number of carboxylic acid groups (broad SMARTS) is 1. The van der Waals surface area contributed by atoms with Gasteiger partial charge in [0.1, 0.15) is 6.04 Å². The summed E-state index contributed by atoms with van der Waals surface area (Å²) >= 11 is 0. The second-order valence-electron chi connectivity index (χ2n) is 3.34. The molecule has 1 aromatic carbocycles.